The number of aromatic nitrogens is 1. The third kappa shape index (κ3) is 5.78. The van der Waals surface area contributed by atoms with Crippen molar-refractivity contribution in [1.82, 2.24) is 10.1 Å². The van der Waals surface area contributed by atoms with Gasteiger partial charge in [-0.15, -0.1) is 0 Å². The van der Waals surface area contributed by atoms with E-state index in [0.717, 1.165) is 71.9 Å². The van der Waals surface area contributed by atoms with Crippen molar-refractivity contribution in [3.05, 3.63) is 65.2 Å². The molecule has 0 atom stereocenters. The highest BCUT2D eigenvalue weighted by Crippen LogP contribution is 2.34. The summed E-state index contributed by atoms with van der Waals surface area (Å²) in [6.07, 6.45) is 3.00. The Balaban J connectivity index is 1.65. The molecule has 0 unspecified atom stereocenters. The molecule has 0 spiro atoms. The number of methoxy groups -OCH3 is 1. The van der Waals surface area contributed by atoms with Crippen LogP contribution < -0.4 is 10.2 Å². The molecule has 2 heterocycles. The van der Waals surface area contributed by atoms with Gasteiger partial charge in [-0.2, -0.15) is 0 Å². The number of anilines is 2. The van der Waals surface area contributed by atoms with Gasteiger partial charge in [-0.25, -0.2) is 4.79 Å². The van der Waals surface area contributed by atoms with Gasteiger partial charge in [0, 0.05) is 44.6 Å². The molecule has 3 aromatic rings. The summed E-state index contributed by atoms with van der Waals surface area (Å²) in [5.41, 5.74) is 5.83. The minimum atomic E-state index is -0.149. The molecule has 2 amide bonds. The minimum Gasteiger partial charge on any atom is -0.385 e. The highest BCUT2D eigenvalue weighted by atomic mass is 16.5. The van der Waals surface area contributed by atoms with Crippen molar-refractivity contribution in [2.75, 3.05) is 43.6 Å². The van der Waals surface area contributed by atoms with Gasteiger partial charge in [0.1, 0.15) is 5.69 Å². The number of carbonyl (C=O) groups is 1. The zero-order valence-corrected chi connectivity index (χ0v) is 20.3. The fourth-order valence-corrected chi connectivity index (χ4v) is 4.31. The van der Waals surface area contributed by atoms with E-state index in [-0.39, 0.29) is 6.03 Å². The highest BCUT2D eigenvalue weighted by molar-refractivity contribution is 5.89. The van der Waals surface area contributed by atoms with E-state index in [4.69, 9.17) is 9.26 Å². The Morgan fingerprint density at radius 3 is 2.59 bits per heavy atom. The molecule has 2 aromatic carbocycles. The topological polar surface area (TPSA) is 70.8 Å². The number of rotatable bonds is 9. The normalized spacial score (nSPS) is 13.3. The van der Waals surface area contributed by atoms with Crippen LogP contribution in [0.2, 0.25) is 0 Å². The van der Waals surface area contributed by atoms with Crippen molar-refractivity contribution in [2.24, 2.45) is 0 Å². The van der Waals surface area contributed by atoms with Crippen LogP contribution in [0, 0.1) is 13.8 Å². The van der Waals surface area contributed by atoms with E-state index < -0.39 is 0 Å². The van der Waals surface area contributed by atoms with Gasteiger partial charge in [-0.3, -0.25) is 0 Å². The predicted octanol–water partition coefficient (Wildman–Crippen LogP) is 5.63. The maximum Gasteiger partial charge on any atom is 0.322 e. The van der Waals surface area contributed by atoms with Gasteiger partial charge in [0.25, 0.3) is 0 Å². The average molecular weight is 463 g/mol. The van der Waals surface area contributed by atoms with E-state index in [1.54, 1.807) is 7.11 Å². The van der Waals surface area contributed by atoms with Gasteiger partial charge in [-0.1, -0.05) is 46.6 Å². The Kier molecular flexibility index (Phi) is 7.85. The van der Waals surface area contributed by atoms with Crippen molar-refractivity contribution in [2.45, 2.75) is 39.7 Å². The third-order valence-corrected chi connectivity index (χ3v) is 6.17. The lowest BCUT2D eigenvalue weighted by atomic mass is 10.0. The number of benzene rings is 2. The average Bonchev–Trinajstić information content (AvgIpc) is 3.50. The van der Waals surface area contributed by atoms with Gasteiger partial charge >= 0.3 is 6.03 Å². The lowest BCUT2D eigenvalue weighted by Crippen LogP contribution is -2.36. The number of urea groups is 1. The number of nitrogens with one attached hydrogen (secondary N) is 1. The van der Waals surface area contributed by atoms with Crippen molar-refractivity contribution < 1.29 is 14.1 Å². The Labute approximate surface area is 201 Å². The summed E-state index contributed by atoms with van der Waals surface area (Å²) >= 11 is 0. The molecule has 7 heteroatoms. The zero-order valence-electron chi connectivity index (χ0n) is 20.3. The Bertz CT molecular complexity index is 1090. The Hall–Kier alpha value is -3.32. The molecule has 0 aliphatic carbocycles. The maximum atomic E-state index is 13.4. The number of amides is 2. The second kappa shape index (κ2) is 11.2. The van der Waals surface area contributed by atoms with Crippen LogP contribution in [0.4, 0.5) is 16.4 Å². The van der Waals surface area contributed by atoms with Crippen LogP contribution >= 0.6 is 0 Å². The quantitative estimate of drug-likeness (QED) is 0.417. The molecule has 1 fully saturated rings. The number of carbonyl (C=O) groups excluding carboxylic acids is 1. The number of nitrogens with zero attached hydrogens (tertiary/aromatic N) is 3. The van der Waals surface area contributed by atoms with Gasteiger partial charge in [-0.05, 0) is 51.3 Å². The SMILES string of the molecule is COCCCN(Cc1c(-c2cccc(C)c2)noc1N1CCCC1)C(=O)Nc1ccc(C)cc1. The Morgan fingerprint density at radius 1 is 1.12 bits per heavy atom. The van der Waals surface area contributed by atoms with Crippen LogP contribution in [-0.4, -0.2) is 49.4 Å². The summed E-state index contributed by atoms with van der Waals surface area (Å²) in [5, 5.41) is 7.52. The second-order valence-electron chi connectivity index (χ2n) is 8.94. The van der Waals surface area contributed by atoms with Gasteiger partial charge < -0.3 is 24.4 Å². The summed E-state index contributed by atoms with van der Waals surface area (Å²) in [7, 11) is 1.68. The smallest absolute Gasteiger partial charge is 0.322 e. The molecular formula is C27H34N4O3. The molecule has 1 N–H and O–H groups in total. The monoisotopic (exact) mass is 462 g/mol. The van der Waals surface area contributed by atoms with E-state index in [9.17, 15) is 4.79 Å². The van der Waals surface area contributed by atoms with Crippen LogP contribution in [0.25, 0.3) is 11.3 Å². The minimum absolute atomic E-state index is 0.149. The van der Waals surface area contributed by atoms with Crippen LogP contribution in [-0.2, 0) is 11.3 Å². The summed E-state index contributed by atoms with van der Waals surface area (Å²) < 4.78 is 11.2. The first-order valence-corrected chi connectivity index (χ1v) is 12.0. The molecular weight excluding hydrogens is 428 g/mol. The first-order chi connectivity index (χ1) is 16.5. The number of hydrogen-bond acceptors (Lipinski definition) is 5. The molecule has 1 aliphatic rings. The molecule has 180 valence electrons. The standard InChI is InChI=1S/C27H34N4O3/c1-20-10-12-23(13-11-20)28-27(32)31(16-7-17-33-3)19-24-25(22-9-6-8-21(2)18-22)29-34-26(24)30-14-4-5-15-30/h6,8-13,18H,4-5,7,14-17,19H2,1-3H3,(H,28,32). The van der Waals surface area contributed by atoms with Crippen LogP contribution in [0.15, 0.2) is 53.1 Å². The van der Waals surface area contributed by atoms with E-state index in [2.05, 4.69) is 34.4 Å². The first kappa shape index (κ1) is 23.8. The van der Waals surface area contributed by atoms with Crippen LogP contribution in [0.5, 0.6) is 0 Å². The lowest BCUT2D eigenvalue weighted by Gasteiger charge is -2.25. The molecule has 1 saturated heterocycles. The number of hydrogen-bond donors (Lipinski definition) is 1. The van der Waals surface area contributed by atoms with Crippen molar-refractivity contribution in [1.29, 1.82) is 0 Å². The zero-order chi connectivity index (χ0) is 23.9. The summed E-state index contributed by atoms with van der Waals surface area (Å²) in [5.74, 6) is 0.772. The first-order valence-electron chi connectivity index (χ1n) is 12.0. The lowest BCUT2D eigenvalue weighted by molar-refractivity contribution is 0.171. The highest BCUT2D eigenvalue weighted by Gasteiger charge is 2.27. The number of aryl methyl sites for hydroxylation is 2. The summed E-state index contributed by atoms with van der Waals surface area (Å²) in [4.78, 5) is 17.4. The largest absolute Gasteiger partial charge is 0.385 e. The van der Waals surface area contributed by atoms with Gasteiger partial charge in [0.15, 0.2) is 0 Å². The van der Waals surface area contributed by atoms with Crippen LogP contribution in [0.3, 0.4) is 0 Å². The number of ether oxygens (including phenoxy) is 1. The van der Waals surface area contributed by atoms with E-state index in [1.807, 2.05) is 48.2 Å². The maximum absolute atomic E-state index is 13.4. The summed E-state index contributed by atoms with van der Waals surface area (Å²) in [6, 6.07) is 15.9. The fourth-order valence-electron chi connectivity index (χ4n) is 4.31. The molecule has 7 nitrogen and oxygen atoms in total. The molecule has 34 heavy (non-hydrogen) atoms. The van der Waals surface area contributed by atoms with Crippen LogP contribution in [0.1, 0.15) is 36.0 Å². The molecule has 0 radical (unpaired) electrons. The molecule has 1 aliphatic heterocycles. The van der Waals surface area contributed by atoms with Crippen molar-refractivity contribution in [3.63, 3.8) is 0 Å². The molecule has 0 bridgehead atoms. The fraction of sp³-hybridized carbons (Fsp3) is 0.407. The predicted molar refractivity (Wildman–Crippen MR) is 135 cm³/mol. The second-order valence-corrected chi connectivity index (χ2v) is 8.94. The molecule has 1 aromatic heterocycles. The van der Waals surface area contributed by atoms with Gasteiger partial charge in [0.2, 0.25) is 5.88 Å². The van der Waals surface area contributed by atoms with E-state index in [0.29, 0.717) is 19.7 Å². The molecule has 4 rings (SSSR count). The van der Waals surface area contributed by atoms with Crippen molar-refractivity contribution in [3.8, 4) is 11.3 Å². The summed E-state index contributed by atoms with van der Waals surface area (Å²) in [6.45, 7) is 7.52. The van der Waals surface area contributed by atoms with Crippen molar-refractivity contribution >= 4 is 17.6 Å². The Morgan fingerprint density at radius 2 is 1.88 bits per heavy atom. The van der Waals surface area contributed by atoms with E-state index in [1.165, 1.54) is 0 Å². The van der Waals surface area contributed by atoms with Gasteiger partial charge in [0.05, 0.1) is 12.1 Å². The molecule has 0 saturated carbocycles. The third-order valence-electron chi connectivity index (χ3n) is 6.17. The van der Waals surface area contributed by atoms with E-state index >= 15 is 0 Å².